The molecule has 1 aromatic carbocycles. The molecular weight excluding hydrogens is 275 g/mol. The summed E-state index contributed by atoms with van der Waals surface area (Å²) in [5.74, 6) is 0.377. The van der Waals surface area contributed by atoms with E-state index in [0.717, 1.165) is 0 Å². The molecule has 94 valence electrons. The van der Waals surface area contributed by atoms with Crippen molar-refractivity contribution in [2.75, 3.05) is 7.11 Å². The topological polar surface area (TPSA) is 44.1 Å². The molecule has 0 unspecified atom stereocenters. The van der Waals surface area contributed by atoms with Crippen LogP contribution in [0.2, 0.25) is 10.0 Å². The predicted octanol–water partition coefficient (Wildman–Crippen LogP) is 2.76. The maximum atomic E-state index is 12.1. The third-order valence-electron chi connectivity index (χ3n) is 2.52. The fourth-order valence-corrected chi connectivity index (χ4v) is 2.12. The van der Waals surface area contributed by atoms with Gasteiger partial charge in [-0.3, -0.25) is 4.79 Å². The van der Waals surface area contributed by atoms with Crippen LogP contribution in [0.1, 0.15) is 0 Å². The molecule has 0 N–H and O–H groups in total. The highest BCUT2D eigenvalue weighted by atomic mass is 35.5. The fraction of sp³-hybridized carbons (Fsp3) is 0.167. The highest BCUT2D eigenvalue weighted by Crippen LogP contribution is 2.33. The van der Waals surface area contributed by atoms with Gasteiger partial charge in [-0.1, -0.05) is 29.3 Å². The van der Waals surface area contributed by atoms with Crippen molar-refractivity contribution in [1.82, 2.24) is 9.78 Å². The summed E-state index contributed by atoms with van der Waals surface area (Å²) >= 11 is 11.9. The Hall–Kier alpha value is -1.52. The molecule has 4 nitrogen and oxygen atoms in total. The second-order valence-corrected chi connectivity index (χ2v) is 4.48. The van der Waals surface area contributed by atoms with Crippen LogP contribution in [0.15, 0.2) is 29.2 Å². The minimum absolute atomic E-state index is 0.279. The zero-order valence-corrected chi connectivity index (χ0v) is 11.3. The quantitative estimate of drug-likeness (QED) is 0.852. The van der Waals surface area contributed by atoms with Gasteiger partial charge in [-0.15, -0.1) is 0 Å². The summed E-state index contributed by atoms with van der Waals surface area (Å²) < 4.78 is 6.38. The van der Waals surface area contributed by atoms with Crippen molar-refractivity contribution in [3.05, 3.63) is 44.8 Å². The maximum Gasteiger partial charge on any atom is 0.278 e. The van der Waals surface area contributed by atoms with Gasteiger partial charge in [-0.2, -0.15) is 5.10 Å². The molecule has 0 aliphatic rings. The van der Waals surface area contributed by atoms with Crippen molar-refractivity contribution in [2.45, 2.75) is 0 Å². The number of hydrogen-bond donors (Lipinski definition) is 0. The number of methoxy groups -OCH3 is 1. The van der Waals surface area contributed by atoms with Gasteiger partial charge >= 0.3 is 0 Å². The van der Waals surface area contributed by atoms with Gasteiger partial charge in [0.2, 0.25) is 0 Å². The molecule has 0 atom stereocenters. The van der Waals surface area contributed by atoms with Crippen LogP contribution >= 0.6 is 23.2 Å². The SMILES string of the molecule is COc1cnn(C)c(=O)c1-c1ccc(Cl)cc1Cl. The summed E-state index contributed by atoms with van der Waals surface area (Å²) in [6.07, 6.45) is 1.47. The van der Waals surface area contributed by atoms with Gasteiger partial charge in [0.05, 0.1) is 23.9 Å². The molecule has 1 heterocycles. The lowest BCUT2D eigenvalue weighted by Crippen LogP contribution is -2.21. The highest BCUT2D eigenvalue weighted by Gasteiger charge is 2.15. The smallest absolute Gasteiger partial charge is 0.278 e. The van der Waals surface area contributed by atoms with E-state index in [0.29, 0.717) is 26.9 Å². The van der Waals surface area contributed by atoms with Gasteiger partial charge in [0.25, 0.3) is 5.56 Å². The van der Waals surface area contributed by atoms with Crippen LogP contribution in [0, 0.1) is 0 Å². The lowest BCUT2D eigenvalue weighted by Gasteiger charge is -2.10. The standard InChI is InChI=1S/C12H10Cl2N2O2/c1-16-12(17)11(10(18-2)6-15-16)8-4-3-7(13)5-9(8)14/h3-6H,1-2H3. The molecule has 0 radical (unpaired) electrons. The summed E-state index contributed by atoms with van der Waals surface area (Å²) in [4.78, 5) is 12.1. The summed E-state index contributed by atoms with van der Waals surface area (Å²) in [5.41, 5.74) is 0.663. The Kier molecular flexibility index (Phi) is 3.59. The van der Waals surface area contributed by atoms with E-state index in [1.807, 2.05) is 0 Å². The molecule has 18 heavy (non-hydrogen) atoms. The number of aromatic nitrogens is 2. The van der Waals surface area contributed by atoms with Crippen molar-refractivity contribution >= 4 is 23.2 Å². The van der Waals surface area contributed by atoms with Crippen molar-refractivity contribution < 1.29 is 4.74 Å². The first-order chi connectivity index (χ1) is 8.54. The second kappa shape index (κ2) is 5.00. The number of rotatable bonds is 2. The van der Waals surface area contributed by atoms with Crippen LogP contribution in [-0.2, 0) is 7.05 Å². The fourth-order valence-electron chi connectivity index (χ4n) is 1.62. The number of nitrogens with zero attached hydrogens (tertiary/aromatic N) is 2. The van der Waals surface area contributed by atoms with E-state index in [9.17, 15) is 4.79 Å². The third-order valence-corrected chi connectivity index (χ3v) is 3.07. The van der Waals surface area contributed by atoms with Gasteiger partial charge in [-0.25, -0.2) is 4.68 Å². The van der Waals surface area contributed by atoms with E-state index >= 15 is 0 Å². The lowest BCUT2D eigenvalue weighted by atomic mass is 10.1. The van der Waals surface area contributed by atoms with E-state index in [-0.39, 0.29) is 5.56 Å². The molecule has 0 fully saturated rings. The average Bonchev–Trinajstić information content (AvgIpc) is 2.33. The summed E-state index contributed by atoms with van der Waals surface area (Å²) in [6, 6.07) is 4.93. The minimum atomic E-state index is -0.279. The van der Waals surface area contributed by atoms with E-state index in [1.165, 1.54) is 18.0 Å². The summed E-state index contributed by atoms with van der Waals surface area (Å²) in [6.45, 7) is 0. The Labute approximate surface area is 114 Å². The third kappa shape index (κ3) is 2.21. The Morgan fingerprint density at radius 2 is 2.06 bits per heavy atom. The number of halogens is 2. The van der Waals surface area contributed by atoms with Gasteiger partial charge in [0.1, 0.15) is 0 Å². The summed E-state index contributed by atoms with van der Waals surface area (Å²) in [7, 11) is 3.04. The first kappa shape index (κ1) is 12.9. The highest BCUT2D eigenvalue weighted by molar-refractivity contribution is 6.36. The zero-order valence-electron chi connectivity index (χ0n) is 9.78. The van der Waals surface area contributed by atoms with Crippen LogP contribution in [-0.4, -0.2) is 16.9 Å². The number of aryl methyl sites for hydroxylation is 1. The number of ether oxygens (including phenoxy) is 1. The Bertz CT molecular complexity index is 653. The molecule has 0 aliphatic heterocycles. The van der Waals surface area contributed by atoms with E-state index in [2.05, 4.69) is 5.10 Å². The molecular formula is C12H10Cl2N2O2. The molecule has 1 aromatic heterocycles. The van der Waals surface area contributed by atoms with Crippen LogP contribution in [0.4, 0.5) is 0 Å². The summed E-state index contributed by atoms with van der Waals surface area (Å²) in [5, 5.41) is 4.79. The van der Waals surface area contributed by atoms with E-state index < -0.39 is 0 Å². The Morgan fingerprint density at radius 3 is 2.67 bits per heavy atom. The van der Waals surface area contributed by atoms with Crippen molar-refractivity contribution in [3.63, 3.8) is 0 Å². The van der Waals surface area contributed by atoms with Crippen molar-refractivity contribution in [3.8, 4) is 16.9 Å². The van der Waals surface area contributed by atoms with Gasteiger partial charge in [-0.05, 0) is 12.1 Å². The average molecular weight is 285 g/mol. The minimum Gasteiger partial charge on any atom is -0.494 e. The van der Waals surface area contributed by atoms with E-state index in [1.54, 1.807) is 25.2 Å². The Morgan fingerprint density at radius 1 is 1.33 bits per heavy atom. The molecule has 0 aliphatic carbocycles. The molecule has 2 aromatic rings. The molecule has 0 amide bonds. The molecule has 6 heteroatoms. The number of benzene rings is 1. The first-order valence-electron chi connectivity index (χ1n) is 5.10. The molecule has 0 bridgehead atoms. The van der Waals surface area contributed by atoms with Crippen molar-refractivity contribution in [1.29, 1.82) is 0 Å². The van der Waals surface area contributed by atoms with Crippen LogP contribution in [0.3, 0.4) is 0 Å². The molecule has 0 saturated heterocycles. The molecule has 0 spiro atoms. The van der Waals surface area contributed by atoms with Crippen LogP contribution in [0.5, 0.6) is 5.75 Å². The molecule has 0 saturated carbocycles. The Balaban J connectivity index is 2.77. The normalized spacial score (nSPS) is 10.4. The second-order valence-electron chi connectivity index (χ2n) is 3.64. The van der Waals surface area contributed by atoms with Crippen molar-refractivity contribution in [2.24, 2.45) is 7.05 Å². The van der Waals surface area contributed by atoms with E-state index in [4.69, 9.17) is 27.9 Å². The molecule has 2 rings (SSSR count). The van der Waals surface area contributed by atoms with Gasteiger partial charge in [0, 0.05) is 17.6 Å². The zero-order chi connectivity index (χ0) is 13.3. The van der Waals surface area contributed by atoms with Gasteiger partial charge in [0.15, 0.2) is 5.75 Å². The van der Waals surface area contributed by atoms with Crippen LogP contribution < -0.4 is 10.3 Å². The lowest BCUT2D eigenvalue weighted by molar-refractivity contribution is 0.410. The first-order valence-corrected chi connectivity index (χ1v) is 5.86. The largest absolute Gasteiger partial charge is 0.494 e. The predicted molar refractivity (Wildman–Crippen MR) is 71.5 cm³/mol. The monoisotopic (exact) mass is 284 g/mol. The van der Waals surface area contributed by atoms with Crippen LogP contribution in [0.25, 0.3) is 11.1 Å². The number of hydrogen-bond acceptors (Lipinski definition) is 3. The maximum absolute atomic E-state index is 12.1. The van der Waals surface area contributed by atoms with Gasteiger partial charge < -0.3 is 4.74 Å².